The minimum absolute atomic E-state index is 0.0467. The van der Waals surface area contributed by atoms with Crippen molar-refractivity contribution in [2.45, 2.75) is 4.90 Å². The van der Waals surface area contributed by atoms with Crippen LogP contribution in [0.2, 0.25) is 5.02 Å². The Bertz CT molecular complexity index is 697. The lowest BCUT2D eigenvalue weighted by Gasteiger charge is -2.35. The largest absolute Gasteiger partial charge is 0.379 e. The molecule has 0 saturated carbocycles. The van der Waals surface area contributed by atoms with Crippen molar-refractivity contribution >= 4 is 27.5 Å². The van der Waals surface area contributed by atoms with Gasteiger partial charge in [0.1, 0.15) is 0 Å². The molecule has 0 N–H and O–H groups in total. The first kappa shape index (κ1) is 18.6. The molecule has 0 atom stereocenters. The quantitative estimate of drug-likeness (QED) is 0.752. The number of hydrogen-bond donors (Lipinski definition) is 0. The van der Waals surface area contributed by atoms with Crippen molar-refractivity contribution in [2.75, 3.05) is 59.0 Å². The number of carbonyl (C=O) groups is 1. The lowest BCUT2D eigenvalue weighted by molar-refractivity contribution is -0.134. The highest BCUT2D eigenvalue weighted by Crippen LogP contribution is 2.20. The van der Waals surface area contributed by atoms with Gasteiger partial charge in [-0.05, 0) is 24.3 Å². The van der Waals surface area contributed by atoms with E-state index in [4.69, 9.17) is 16.3 Å². The van der Waals surface area contributed by atoms with Gasteiger partial charge in [0.2, 0.25) is 15.9 Å². The molecule has 2 aliphatic heterocycles. The van der Waals surface area contributed by atoms with Crippen molar-refractivity contribution in [1.29, 1.82) is 0 Å². The fraction of sp³-hybridized carbons (Fsp3) is 0.562. The predicted molar refractivity (Wildman–Crippen MR) is 94.0 cm³/mol. The summed E-state index contributed by atoms with van der Waals surface area (Å²) in [5.41, 5.74) is 0. The third-order valence-corrected chi connectivity index (χ3v) is 6.67. The fourth-order valence-electron chi connectivity index (χ4n) is 2.98. The van der Waals surface area contributed by atoms with Gasteiger partial charge in [-0.25, -0.2) is 8.42 Å². The van der Waals surface area contributed by atoms with Gasteiger partial charge in [-0.15, -0.1) is 0 Å². The molecule has 0 bridgehead atoms. The SMILES string of the molecule is O=C(CN1CCOCC1)N1CCN(S(=O)(=O)c2ccc(Cl)cc2)CC1. The van der Waals surface area contributed by atoms with Gasteiger partial charge in [0.05, 0.1) is 24.7 Å². The Labute approximate surface area is 153 Å². The minimum Gasteiger partial charge on any atom is -0.379 e. The summed E-state index contributed by atoms with van der Waals surface area (Å²) in [5, 5.41) is 0.498. The molecule has 0 aliphatic carbocycles. The number of amides is 1. The zero-order valence-corrected chi connectivity index (χ0v) is 15.5. The van der Waals surface area contributed by atoms with Gasteiger partial charge in [-0.3, -0.25) is 9.69 Å². The standard InChI is InChI=1S/C16H22ClN3O4S/c17-14-1-3-15(4-2-14)25(22,23)20-7-5-19(6-8-20)16(21)13-18-9-11-24-12-10-18/h1-4H,5-13H2. The molecule has 1 aromatic carbocycles. The average Bonchev–Trinajstić information content (AvgIpc) is 2.63. The van der Waals surface area contributed by atoms with E-state index < -0.39 is 10.0 Å². The summed E-state index contributed by atoms with van der Waals surface area (Å²) in [4.78, 5) is 16.4. The maximum absolute atomic E-state index is 12.6. The lowest BCUT2D eigenvalue weighted by atomic mass is 10.3. The molecule has 1 amide bonds. The molecule has 1 aromatic rings. The molecule has 3 rings (SSSR count). The van der Waals surface area contributed by atoms with Crippen LogP contribution in [0.1, 0.15) is 0 Å². The zero-order valence-electron chi connectivity index (χ0n) is 13.9. The number of morpholine rings is 1. The summed E-state index contributed by atoms with van der Waals surface area (Å²) in [5.74, 6) is 0.0467. The van der Waals surface area contributed by atoms with Crippen LogP contribution in [0, 0.1) is 0 Å². The first-order valence-corrected chi connectivity index (χ1v) is 10.1. The van der Waals surface area contributed by atoms with Gasteiger partial charge in [-0.1, -0.05) is 11.6 Å². The highest BCUT2D eigenvalue weighted by Gasteiger charge is 2.30. The molecule has 0 radical (unpaired) electrons. The van der Waals surface area contributed by atoms with E-state index in [1.807, 2.05) is 0 Å². The molecule has 0 unspecified atom stereocenters. The van der Waals surface area contributed by atoms with Gasteiger partial charge in [0, 0.05) is 44.3 Å². The number of rotatable bonds is 4. The molecular formula is C16H22ClN3O4S. The van der Waals surface area contributed by atoms with Crippen LogP contribution >= 0.6 is 11.6 Å². The Kier molecular flexibility index (Phi) is 5.96. The number of piperazine rings is 1. The van der Waals surface area contributed by atoms with E-state index >= 15 is 0 Å². The number of benzene rings is 1. The van der Waals surface area contributed by atoms with Crippen molar-refractivity contribution < 1.29 is 17.9 Å². The molecule has 25 heavy (non-hydrogen) atoms. The van der Waals surface area contributed by atoms with E-state index in [0.717, 1.165) is 13.1 Å². The van der Waals surface area contributed by atoms with E-state index in [-0.39, 0.29) is 10.8 Å². The summed E-state index contributed by atoms with van der Waals surface area (Å²) < 4.78 is 32.0. The Morgan fingerprint density at radius 2 is 1.60 bits per heavy atom. The average molecular weight is 388 g/mol. The monoisotopic (exact) mass is 387 g/mol. The molecule has 138 valence electrons. The summed E-state index contributed by atoms with van der Waals surface area (Å²) in [7, 11) is -3.55. The van der Waals surface area contributed by atoms with E-state index in [9.17, 15) is 13.2 Å². The topological polar surface area (TPSA) is 70.2 Å². The van der Waals surface area contributed by atoms with Gasteiger partial charge < -0.3 is 9.64 Å². The molecule has 0 spiro atoms. The van der Waals surface area contributed by atoms with E-state index in [1.165, 1.54) is 16.4 Å². The van der Waals surface area contributed by atoms with Crippen LogP contribution < -0.4 is 0 Å². The normalized spacial score (nSPS) is 20.6. The predicted octanol–water partition coefficient (Wildman–Crippen LogP) is 0.505. The highest BCUT2D eigenvalue weighted by atomic mass is 35.5. The second kappa shape index (κ2) is 8.01. The van der Waals surface area contributed by atoms with Crippen LogP contribution in [-0.2, 0) is 19.6 Å². The summed E-state index contributed by atoms with van der Waals surface area (Å²) in [6, 6.07) is 6.15. The van der Waals surface area contributed by atoms with E-state index in [1.54, 1.807) is 17.0 Å². The van der Waals surface area contributed by atoms with Crippen LogP contribution in [0.15, 0.2) is 29.2 Å². The van der Waals surface area contributed by atoms with Gasteiger partial charge in [-0.2, -0.15) is 4.31 Å². The first-order chi connectivity index (χ1) is 12.0. The lowest BCUT2D eigenvalue weighted by Crippen LogP contribution is -2.53. The Morgan fingerprint density at radius 1 is 1.00 bits per heavy atom. The number of halogens is 1. The number of sulfonamides is 1. The van der Waals surface area contributed by atoms with Crippen LogP contribution in [-0.4, -0.2) is 87.5 Å². The maximum atomic E-state index is 12.6. The van der Waals surface area contributed by atoms with Gasteiger partial charge in [0.15, 0.2) is 0 Å². The third-order valence-electron chi connectivity index (χ3n) is 4.51. The van der Waals surface area contributed by atoms with Crippen molar-refractivity contribution in [2.24, 2.45) is 0 Å². The summed E-state index contributed by atoms with van der Waals surface area (Å²) in [6.07, 6.45) is 0. The first-order valence-electron chi connectivity index (χ1n) is 8.30. The van der Waals surface area contributed by atoms with E-state index in [0.29, 0.717) is 51.0 Å². The van der Waals surface area contributed by atoms with Crippen LogP contribution in [0.3, 0.4) is 0 Å². The van der Waals surface area contributed by atoms with Crippen LogP contribution in [0.4, 0.5) is 0 Å². The highest BCUT2D eigenvalue weighted by molar-refractivity contribution is 7.89. The molecule has 0 aromatic heterocycles. The summed E-state index contributed by atoms with van der Waals surface area (Å²) in [6.45, 7) is 4.63. The zero-order chi connectivity index (χ0) is 17.9. The molecule has 2 fully saturated rings. The second-order valence-electron chi connectivity index (χ2n) is 6.13. The Hall–Kier alpha value is -1.19. The van der Waals surface area contributed by atoms with Gasteiger partial charge >= 0.3 is 0 Å². The molecule has 2 saturated heterocycles. The third kappa shape index (κ3) is 4.51. The van der Waals surface area contributed by atoms with Crippen LogP contribution in [0.25, 0.3) is 0 Å². The molecular weight excluding hydrogens is 366 g/mol. The number of hydrogen-bond acceptors (Lipinski definition) is 5. The Balaban J connectivity index is 1.55. The van der Waals surface area contributed by atoms with E-state index in [2.05, 4.69) is 4.90 Å². The minimum atomic E-state index is -3.55. The molecule has 7 nitrogen and oxygen atoms in total. The molecule has 9 heteroatoms. The summed E-state index contributed by atoms with van der Waals surface area (Å²) >= 11 is 5.82. The van der Waals surface area contributed by atoms with Crippen LogP contribution in [0.5, 0.6) is 0 Å². The van der Waals surface area contributed by atoms with Gasteiger partial charge in [0.25, 0.3) is 0 Å². The smallest absolute Gasteiger partial charge is 0.243 e. The molecule has 2 aliphatic rings. The molecule has 2 heterocycles. The van der Waals surface area contributed by atoms with Crippen molar-refractivity contribution in [3.8, 4) is 0 Å². The second-order valence-corrected chi connectivity index (χ2v) is 8.50. The van der Waals surface area contributed by atoms with Crippen molar-refractivity contribution in [1.82, 2.24) is 14.1 Å². The number of nitrogens with zero attached hydrogens (tertiary/aromatic N) is 3. The number of carbonyl (C=O) groups excluding carboxylic acids is 1. The maximum Gasteiger partial charge on any atom is 0.243 e. The number of ether oxygens (including phenoxy) is 1. The van der Waals surface area contributed by atoms with Crippen molar-refractivity contribution in [3.05, 3.63) is 29.3 Å². The Morgan fingerprint density at radius 3 is 2.20 bits per heavy atom. The fourth-order valence-corrected chi connectivity index (χ4v) is 4.53. The van der Waals surface area contributed by atoms with Crippen molar-refractivity contribution in [3.63, 3.8) is 0 Å².